The number of amides is 12. The summed E-state index contributed by atoms with van der Waals surface area (Å²) in [4.78, 5) is 266. The maximum Gasteiger partial charge on any atom is 0.339 e. The van der Waals surface area contributed by atoms with Gasteiger partial charge in [0.05, 0.1) is 51.4 Å². The molecule has 3 aromatic carbocycles. The normalized spacial score (nSPS) is 15.1. The number of rotatable bonds is 39. The lowest BCUT2D eigenvalue weighted by atomic mass is 10.1. The van der Waals surface area contributed by atoms with Gasteiger partial charge >= 0.3 is 47.8 Å². The van der Waals surface area contributed by atoms with Crippen LogP contribution in [0.3, 0.4) is 0 Å². The van der Waals surface area contributed by atoms with Crippen molar-refractivity contribution in [2.45, 2.75) is 254 Å². The van der Waals surface area contributed by atoms with Crippen LogP contribution in [0.1, 0.15) is 245 Å². The minimum absolute atomic E-state index is 0.0351. The maximum absolute atomic E-state index is 11.9. The fraction of sp³-hybridized carbons (Fsp3) is 0.530. The van der Waals surface area contributed by atoms with Crippen molar-refractivity contribution in [2.24, 2.45) is 5.92 Å². The van der Waals surface area contributed by atoms with Crippen molar-refractivity contribution in [3.05, 3.63) is 89.5 Å². The molecule has 0 bridgehead atoms. The van der Waals surface area contributed by atoms with Crippen LogP contribution < -0.4 is 14.2 Å². The van der Waals surface area contributed by atoms with Crippen LogP contribution in [0.5, 0.6) is 17.2 Å². The molecule has 2 unspecified atom stereocenters. The molecule has 9 rings (SSSR count). The Morgan fingerprint density at radius 1 is 0.306 bits per heavy atom. The van der Waals surface area contributed by atoms with E-state index in [1.54, 1.807) is 27.7 Å². The lowest BCUT2D eigenvalue weighted by Gasteiger charge is -2.16. The number of esters is 2. The van der Waals surface area contributed by atoms with E-state index in [0.717, 1.165) is 32.1 Å². The highest BCUT2D eigenvalue weighted by Gasteiger charge is 2.38. The average Bonchev–Trinajstić information content (AvgIpc) is 1.75. The Morgan fingerprint density at radius 3 is 0.909 bits per heavy atom. The van der Waals surface area contributed by atoms with E-state index in [1.807, 2.05) is 79.7 Å². The third-order valence-electron chi connectivity index (χ3n) is 17.6. The van der Waals surface area contributed by atoms with Crippen molar-refractivity contribution in [2.75, 3.05) is 26.4 Å². The number of ether oxygens (including phenoxy) is 5. The average molecular weight is 1700 g/mol. The summed E-state index contributed by atoms with van der Waals surface area (Å²) in [6.07, 6.45) is 8.57. The van der Waals surface area contributed by atoms with Gasteiger partial charge in [-0.15, -0.1) is 30.4 Å². The summed E-state index contributed by atoms with van der Waals surface area (Å²) in [7, 11) is 0. The Balaban J connectivity index is 0.000000306. The molecule has 660 valence electrons. The summed E-state index contributed by atoms with van der Waals surface area (Å²) in [5.41, 5.74) is 3.60. The van der Waals surface area contributed by atoms with Crippen LogP contribution in [-0.2, 0) is 158 Å². The minimum atomic E-state index is -0.804. The van der Waals surface area contributed by atoms with Crippen molar-refractivity contribution in [3.8, 4) is 17.2 Å². The van der Waals surface area contributed by atoms with Crippen molar-refractivity contribution >= 4 is 124 Å². The van der Waals surface area contributed by atoms with Gasteiger partial charge < -0.3 is 52.7 Å². The summed E-state index contributed by atoms with van der Waals surface area (Å²) in [5, 5.41) is 3.19. The zero-order valence-electron chi connectivity index (χ0n) is 69.4. The van der Waals surface area contributed by atoms with E-state index >= 15 is 0 Å². The second-order valence-corrected chi connectivity index (χ2v) is 27.3. The lowest BCUT2D eigenvalue weighted by Crippen LogP contribution is -2.35. The quantitative estimate of drug-likeness (QED) is 0.0296. The smallest absolute Gasteiger partial charge is 0.339 e. The van der Waals surface area contributed by atoms with Gasteiger partial charge in [0.2, 0.25) is 0 Å². The molecule has 6 heterocycles. The number of benzene rings is 3. The predicted molar refractivity (Wildman–Crippen MR) is 414 cm³/mol. The second-order valence-electron chi connectivity index (χ2n) is 27.3. The number of imide groups is 6. The first-order chi connectivity index (χ1) is 57.7. The Labute approximate surface area is 698 Å². The molecule has 0 saturated carbocycles. The SMILES string of the molecule is CCC(=O)CCCCCC(=O)ON1C(=O)CCC1=O.CCOC(=O)CCC(=O)ON1C(=O)CCC1=O.CCOC(=O)CCCCCC(=O)ON1C(=O)CCC1=O.CCc1ccc(OC(C)CC(=O)ON2C(=O)CCC2=O)cc1.CCc1ccc(OCC(C)C(=O)ON2C(=O)CCC2=O)cc1.CCc1ccc(OCCC(=O)ON2C(=O)CCC2=O)cc1. The molecule has 0 N–H and O–H groups in total. The van der Waals surface area contributed by atoms with Crippen LogP contribution in [0, 0.1) is 5.92 Å². The molecule has 2 atom stereocenters. The third kappa shape index (κ3) is 37.9. The molecule has 6 saturated heterocycles. The molecule has 0 aliphatic carbocycles. The van der Waals surface area contributed by atoms with Crippen molar-refractivity contribution < 1.29 is 153 Å². The topological polar surface area (TPSA) is 479 Å². The highest BCUT2D eigenvalue weighted by atomic mass is 16.8. The molecule has 6 aliphatic heterocycles. The summed E-state index contributed by atoms with van der Waals surface area (Å²) in [6.45, 7) is 15.6. The van der Waals surface area contributed by atoms with E-state index in [9.17, 15) is 101 Å². The lowest BCUT2D eigenvalue weighted by molar-refractivity contribution is -0.200. The Hall–Kier alpha value is -12.7. The molecule has 3 aromatic rings. The number of hydrogen-bond donors (Lipinski definition) is 0. The molecule has 0 radical (unpaired) electrons. The van der Waals surface area contributed by atoms with Crippen molar-refractivity contribution in [1.82, 2.24) is 30.4 Å². The highest BCUT2D eigenvalue weighted by Crippen LogP contribution is 2.23. The number of nitrogens with zero attached hydrogens (tertiary/aromatic N) is 6. The van der Waals surface area contributed by atoms with Gasteiger partial charge in [0.1, 0.15) is 35.7 Å². The molecular formula is C83H106N6O32. The van der Waals surface area contributed by atoms with E-state index in [2.05, 4.69) is 30.3 Å². The fourth-order valence-electron chi connectivity index (χ4n) is 10.7. The molecule has 38 nitrogen and oxygen atoms in total. The van der Waals surface area contributed by atoms with E-state index in [-0.39, 0.29) is 147 Å². The van der Waals surface area contributed by atoms with Crippen molar-refractivity contribution in [1.29, 1.82) is 0 Å². The zero-order valence-corrected chi connectivity index (χ0v) is 69.4. The van der Waals surface area contributed by atoms with Gasteiger partial charge in [-0.05, 0) is 126 Å². The first-order valence-electron chi connectivity index (χ1n) is 40.2. The summed E-state index contributed by atoms with van der Waals surface area (Å²) < 4.78 is 25.9. The van der Waals surface area contributed by atoms with Gasteiger partial charge in [-0.1, -0.05) is 76.9 Å². The largest absolute Gasteiger partial charge is 0.493 e. The Morgan fingerprint density at radius 2 is 0.579 bits per heavy atom. The van der Waals surface area contributed by atoms with Crippen LogP contribution in [0.2, 0.25) is 0 Å². The van der Waals surface area contributed by atoms with Gasteiger partial charge in [0, 0.05) is 109 Å². The Kier molecular flexibility index (Phi) is 45.3. The van der Waals surface area contributed by atoms with E-state index in [4.69, 9.17) is 43.1 Å². The molecule has 38 heteroatoms. The minimum Gasteiger partial charge on any atom is -0.493 e. The van der Waals surface area contributed by atoms with Crippen LogP contribution in [0.25, 0.3) is 0 Å². The molecule has 0 spiro atoms. The summed E-state index contributed by atoms with van der Waals surface area (Å²) in [6, 6.07) is 22.8. The number of unbranched alkanes of at least 4 members (excludes halogenated alkanes) is 4. The standard InChI is InChI=1S/2C16H19NO5.C15H17NO5.C13H19NO6.C13H19NO5.C10H13NO6/c1-3-12-4-6-13(7-5-12)21-10-11(2)16(20)22-17-14(18)8-9-15(17)19;1-3-12-4-6-13(7-5-12)21-11(2)10-16(20)22-17-14(18)8-9-15(17)19;1-2-11-3-5-12(6-4-11)20-10-9-15(19)21-16-13(17)7-8-14(16)18;1-2-19-12(17)6-4-3-5-7-13(18)20-14-10(15)8-9-11(14)16;1-2-10(15)6-4-3-5-7-13(18)19-14-11(16)8-9-12(14)17;1-2-16-9(14)5-6-10(15)17-11-7(12)3-4-8(11)13/h2*4-7,11H,3,8-10H2,1-2H3;3-6H,2,7-10H2,1H3;2-9H2,1H3;2-9H2,1H3;2-6H2,1H3. The summed E-state index contributed by atoms with van der Waals surface area (Å²) >= 11 is 0. The third-order valence-corrected chi connectivity index (χ3v) is 17.6. The number of carbonyl (C=O) groups is 21. The predicted octanol–water partition coefficient (Wildman–Crippen LogP) is 8.08. The number of aryl methyl sites for hydroxylation is 3. The number of Topliss-reactive ketones (excluding diaryl/α,β-unsaturated/α-hetero) is 1. The van der Waals surface area contributed by atoms with Crippen molar-refractivity contribution in [3.63, 3.8) is 0 Å². The number of hydroxylamine groups is 12. The monoisotopic (exact) mass is 1700 g/mol. The van der Waals surface area contributed by atoms with Gasteiger partial charge in [-0.2, -0.15) is 0 Å². The molecule has 0 aromatic heterocycles. The zero-order chi connectivity index (χ0) is 89.5. The van der Waals surface area contributed by atoms with E-state index in [0.29, 0.717) is 99.2 Å². The first kappa shape index (κ1) is 101. The van der Waals surface area contributed by atoms with Gasteiger partial charge in [0.25, 0.3) is 70.9 Å². The van der Waals surface area contributed by atoms with Crippen LogP contribution in [0.15, 0.2) is 72.8 Å². The van der Waals surface area contributed by atoms with E-state index in [1.165, 1.54) is 16.7 Å². The number of ketones is 1. The Bertz CT molecular complexity index is 4030. The maximum atomic E-state index is 11.9. The van der Waals surface area contributed by atoms with Gasteiger partial charge in [0.15, 0.2) is 0 Å². The number of carbonyl (C=O) groups excluding carboxylic acids is 21. The van der Waals surface area contributed by atoms with Crippen LogP contribution in [-0.4, -0.2) is 187 Å². The molecular weight excluding hydrogens is 1590 g/mol. The highest BCUT2D eigenvalue weighted by molar-refractivity contribution is 6.05. The number of hydrogen-bond acceptors (Lipinski definition) is 32. The van der Waals surface area contributed by atoms with Gasteiger partial charge in [-0.3, -0.25) is 71.9 Å². The summed E-state index contributed by atoms with van der Waals surface area (Å²) in [5.74, 6) is -9.02. The van der Waals surface area contributed by atoms with Crippen LogP contribution >= 0.6 is 0 Å². The first-order valence-corrected chi connectivity index (χ1v) is 40.2. The molecule has 121 heavy (non-hydrogen) atoms. The molecule has 6 fully saturated rings. The van der Waals surface area contributed by atoms with E-state index < -0.39 is 125 Å². The van der Waals surface area contributed by atoms with Crippen LogP contribution in [0.4, 0.5) is 0 Å². The molecule has 12 amide bonds. The molecule has 6 aliphatic rings. The van der Waals surface area contributed by atoms with Gasteiger partial charge in [-0.25, -0.2) is 28.8 Å². The fourth-order valence-corrected chi connectivity index (χ4v) is 10.7. The second kappa shape index (κ2) is 54.4.